The van der Waals surface area contributed by atoms with Crippen LogP contribution in [0.4, 0.5) is 0 Å². The van der Waals surface area contributed by atoms with E-state index in [2.05, 4.69) is 35.3 Å². The van der Waals surface area contributed by atoms with E-state index in [0.29, 0.717) is 59.0 Å². The smallest absolute Gasteiger partial charge is 0.326 e. The summed E-state index contributed by atoms with van der Waals surface area (Å²) in [4.78, 5) is 29.3. The highest BCUT2D eigenvalue weighted by Gasteiger charge is 2.39. The zero-order valence-electron chi connectivity index (χ0n) is 33.4. The number of nitriles is 1. The highest BCUT2D eigenvalue weighted by atomic mass is 35.5. The number of benzene rings is 6. The molecule has 11 heteroatoms. The first-order chi connectivity index (χ1) is 29.6. The van der Waals surface area contributed by atoms with Crippen LogP contribution in [0.5, 0.6) is 17.2 Å². The first-order valence-electron chi connectivity index (χ1n) is 20.2. The van der Waals surface area contributed by atoms with Crippen molar-refractivity contribution in [3.8, 4) is 34.4 Å². The van der Waals surface area contributed by atoms with Gasteiger partial charge in [0.2, 0.25) is 5.91 Å². The maximum atomic E-state index is 14.4. The maximum Gasteiger partial charge on any atom is 0.326 e. The minimum absolute atomic E-state index is 0.110. The molecule has 61 heavy (non-hydrogen) atoms. The molecule has 8 rings (SSSR count). The molecule has 0 fully saturated rings. The monoisotopic (exact) mass is 851 g/mol. The van der Waals surface area contributed by atoms with Crippen molar-refractivity contribution in [2.24, 2.45) is 0 Å². The third-order valence-corrected chi connectivity index (χ3v) is 12.1. The summed E-state index contributed by atoms with van der Waals surface area (Å²) in [6, 6.07) is 42.3. The van der Waals surface area contributed by atoms with Crippen molar-refractivity contribution >= 4 is 35.1 Å². The van der Waals surface area contributed by atoms with Crippen molar-refractivity contribution in [3.63, 3.8) is 0 Å². The van der Waals surface area contributed by atoms with Gasteiger partial charge < -0.3 is 24.6 Å². The third kappa shape index (κ3) is 9.53. The Hall–Kier alpha value is -6.31. The summed E-state index contributed by atoms with van der Waals surface area (Å²) in [5.41, 5.74) is 8.13. The molecule has 0 aromatic heterocycles. The lowest BCUT2D eigenvalue weighted by atomic mass is 9.89. The van der Waals surface area contributed by atoms with Gasteiger partial charge >= 0.3 is 5.97 Å². The summed E-state index contributed by atoms with van der Waals surface area (Å²) >= 11 is 12.2. The SMILES string of the molecule is CC[C@@H](c1ccccc1)N1Cc2cc3c(cc2C[C@H]1C(=O)N[C@@H](Cc1ccc(-c2ccc(C#N)cc2)cc1)C(=O)O)OC[C@@H](c1ccc(OCc2ccc(Cl)c(Cl)c2)cc1)O3. The van der Waals surface area contributed by atoms with Gasteiger partial charge in [-0.15, -0.1) is 0 Å². The molecule has 9 nitrogen and oxygen atoms in total. The van der Waals surface area contributed by atoms with Crippen LogP contribution in [0.2, 0.25) is 10.0 Å². The Morgan fingerprint density at radius 2 is 1.54 bits per heavy atom. The van der Waals surface area contributed by atoms with Crippen LogP contribution < -0.4 is 19.5 Å². The van der Waals surface area contributed by atoms with Gasteiger partial charge in [-0.1, -0.05) is 115 Å². The fraction of sp³-hybridized carbons (Fsp3) is 0.220. The number of ether oxygens (including phenoxy) is 3. The molecule has 2 aliphatic rings. The maximum absolute atomic E-state index is 14.4. The predicted octanol–water partition coefficient (Wildman–Crippen LogP) is 10.3. The van der Waals surface area contributed by atoms with Gasteiger partial charge in [0.15, 0.2) is 17.6 Å². The van der Waals surface area contributed by atoms with Crippen molar-refractivity contribution in [3.05, 3.63) is 182 Å². The predicted molar refractivity (Wildman–Crippen MR) is 235 cm³/mol. The summed E-state index contributed by atoms with van der Waals surface area (Å²) in [7, 11) is 0. The molecule has 4 atom stereocenters. The average molecular weight is 853 g/mol. The molecular formula is C50H43Cl2N3O6. The van der Waals surface area contributed by atoms with E-state index in [0.717, 1.165) is 50.9 Å². The zero-order chi connectivity index (χ0) is 42.5. The largest absolute Gasteiger partial charge is 0.489 e. The Morgan fingerprint density at radius 3 is 2.21 bits per heavy atom. The van der Waals surface area contributed by atoms with Crippen LogP contribution in [0.3, 0.4) is 0 Å². The second-order valence-corrected chi connectivity index (χ2v) is 16.1. The number of nitrogens with one attached hydrogen (secondary N) is 1. The van der Waals surface area contributed by atoms with Gasteiger partial charge in [0.1, 0.15) is 25.0 Å². The van der Waals surface area contributed by atoms with Gasteiger partial charge in [-0.05, 0) is 106 Å². The molecule has 0 bridgehead atoms. The van der Waals surface area contributed by atoms with Crippen LogP contribution >= 0.6 is 23.2 Å². The molecule has 1 amide bonds. The number of rotatable bonds is 13. The molecule has 2 aliphatic heterocycles. The van der Waals surface area contributed by atoms with Crippen LogP contribution in [0.25, 0.3) is 11.1 Å². The van der Waals surface area contributed by atoms with Crippen molar-refractivity contribution in [1.29, 1.82) is 5.26 Å². The second kappa shape index (κ2) is 18.5. The number of carbonyl (C=O) groups is 2. The number of aliphatic carboxylic acids is 1. The Morgan fingerprint density at radius 1 is 0.852 bits per heavy atom. The molecule has 0 saturated carbocycles. The lowest BCUT2D eigenvalue weighted by Crippen LogP contribution is -2.55. The highest BCUT2D eigenvalue weighted by molar-refractivity contribution is 6.42. The number of carbonyl (C=O) groups excluding carboxylic acids is 1. The Labute approximate surface area is 365 Å². The first-order valence-corrected chi connectivity index (χ1v) is 21.0. The van der Waals surface area contributed by atoms with E-state index in [1.165, 1.54) is 0 Å². The number of hydrogen-bond acceptors (Lipinski definition) is 7. The van der Waals surface area contributed by atoms with E-state index < -0.39 is 18.1 Å². The van der Waals surface area contributed by atoms with Crippen LogP contribution in [0, 0.1) is 11.3 Å². The van der Waals surface area contributed by atoms with Gasteiger partial charge in [0.05, 0.1) is 27.7 Å². The number of amides is 1. The summed E-state index contributed by atoms with van der Waals surface area (Å²) < 4.78 is 18.9. The number of carboxylic acids is 1. The van der Waals surface area contributed by atoms with E-state index >= 15 is 0 Å². The highest BCUT2D eigenvalue weighted by Crippen LogP contribution is 2.42. The molecule has 2 N–H and O–H groups in total. The fourth-order valence-electron chi connectivity index (χ4n) is 8.09. The molecular weight excluding hydrogens is 809 g/mol. The molecule has 308 valence electrons. The number of hydrogen-bond donors (Lipinski definition) is 2. The summed E-state index contributed by atoms with van der Waals surface area (Å²) in [6.07, 6.45) is 0.861. The molecule has 6 aromatic rings. The van der Waals surface area contributed by atoms with Crippen molar-refractivity contribution in [1.82, 2.24) is 10.2 Å². The minimum atomic E-state index is -1.14. The third-order valence-electron chi connectivity index (χ3n) is 11.4. The first kappa shape index (κ1) is 41.4. The number of halogens is 2. The van der Waals surface area contributed by atoms with Crippen LogP contribution in [-0.2, 0) is 35.6 Å². The Bertz CT molecular complexity index is 2560. The van der Waals surface area contributed by atoms with E-state index in [1.54, 1.807) is 24.3 Å². The second-order valence-electron chi connectivity index (χ2n) is 15.3. The van der Waals surface area contributed by atoms with Crippen LogP contribution in [0.1, 0.15) is 64.4 Å². The standard InChI is InChI=1S/C50H43Cl2N3O6/c1-2-44(36-6-4-3-5-7-36)55-28-39-26-47-46(60-30-48(61-47)37-17-19-40(20-18-37)59-29-33-12-21-41(51)42(52)22-33)25-38(39)24-45(55)49(56)54-43(50(57)58)23-31-8-13-34(14-9-31)35-15-10-32(27-53)11-16-35/h3-22,25-26,43-45,48H,2,23-24,28-30H2,1H3,(H,54,56)(H,57,58)/t43-,44-,45-,48-/m0/s1. The van der Waals surface area contributed by atoms with Gasteiger partial charge in [0.25, 0.3) is 0 Å². The fourth-order valence-corrected chi connectivity index (χ4v) is 8.41. The van der Waals surface area contributed by atoms with E-state index in [9.17, 15) is 14.7 Å². The normalized spacial score (nSPS) is 16.7. The minimum Gasteiger partial charge on any atom is -0.489 e. The molecule has 0 aliphatic carbocycles. The molecule has 0 unspecified atom stereocenters. The summed E-state index contributed by atoms with van der Waals surface area (Å²) in [6.45, 7) is 3.19. The van der Waals surface area contributed by atoms with Crippen molar-refractivity contribution < 1.29 is 28.9 Å². The molecule has 6 aromatic carbocycles. The lowest BCUT2D eigenvalue weighted by Gasteiger charge is -2.42. The average Bonchev–Trinajstić information content (AvgIpc) is 3.29. The van der Waals surface area contributed by atoms with Crippen molar-refractivity contribution in [2.45, 2.75) is 63.6 Å². The van der Waals surface area contributed by atoms with Gasteiger partial charge in [0, 0.05) is 19.0 Å². The molecule has 0 spiro atoms. The zero-order valence-corrected chi connectivity index (χ0v) is 34.9. The summed E-state index contributed by atoms with van der Waals surface area (Å²) in [5.74, 6) is 0.477. The Balaban J connectivity index is 0.987. The number of nitrogens with zero attached hydrogens (tertiary/aromatic N) is 2. The summed E-state index contributed by atoms with van der Waals surface area (Å²) in [5, 5.41) is 23.4. The molecule has 2 heterocycles. The molecule has 0 radical (unpaired) electrons. The van der Waals surface area contributed by atoms with Gasteiger partial charge in [-0.3, -0.25) is 9.69 Å². The number of carboxylic acid groups (broad SMARTS) is 1. The van der Waals surface area contributed by atoms with E-state index in [-0.39, 0.29) is 24.5 Å². The van der Waals surface area contributed by atoms with E-state index in [1.807, 2.05) is 97.1 Å². The molecule has 0 saturated heterocycles. The Kier molecular flexibility index (Phi) is 12.6. The van der Waals surface area contributed by atoms with Crippen molar-refractivity contribution in [2.75, 3.05) is 6.61 Å². The quantitative estimate of drug-likeness (QED) is 0.118. The number of fused-ring (bicyclic) bond motifs is 2. The lowest BCUT2D eigenvalue weighted by molar-refractivity contribution is -0.143. The van der Waals surface area contributed by atoms with Gasteiger partial charge in [-0.25, -0.2) is 4.79 Å². The van der Waals surface area contributed by atoms with Crippen LogP contribution in [0.15, 0.2) is 133 Å². The topological polar surface area (TPSA) is 121 Å². The van der Waals surface area contributed by atoms with Crippen LogP contribution in [-0.4, -0.2) is 40.6 Å². The van der Waals surface area contributed by atoms with E-state index in [4.69, 9.17) is 42.7 Å². The van der Waals surface area contributed by atoms with Gasteiger partial charge in [-0.2, -0.15) is 5.26 Å².